The van der Waals surface area contributed by atoms with E-state index >= 15 is 0 Å². The summed E-state index contributed by atoms with van der Waals surface area (Å²) in [7, 11) is 0. The minimum absolute atomic E-state index is 0.126. The van der Waals surface area contributed by atoms with E-state index in [4.69, 9.17) is 4.74 Å². The third kappa shape index (κ3) is 5.26. The number of allylic oxidation sites excluding steroid dienone is 2. The second kappa shape index (κ2) is 8.53. The molecule has 8 nitrogen and oxygen atoms in total. The first-order valence-electron chi connectivity index (χ1n) is 10.1. The zero-order valence-electron chi connectivity index (χ0n) is 18.4. The van der Waals surface area contributed by atoms with E-state index in [1.165, 1.54) is 4.90 Å². The van der Waals surface area contributed by atoms with Crippen molar-refractivity contribution in [2.75, 3.05) is 0 Å². The molecule has 1 aromatic rings. The molecule has 3 atom stereocenters. The van der Waals surface area contributed by atoms with E-state index in [1.807, 2.05) is 20.8 Å². The first-order valence-corrected chi connectivity index (χ1v) is 10.1. The van der Waals surface area contributed by atoms with Gasteiger partial charge < -0.3 is 20.3 Å². The van der Waals surface area contributed by atoms with Crippen LogP contribution in [0.1, 0.15) is 58.6 Å². The molecule has 1 fully saturated rings. The molecule has 2 N–H and O–H groups in total. The van der Waals surface area contributed by atoms with Crippen LogP contribution in [0.4, 0.5) is 18.0 Å². The van der Waals surface area contributed by atoms with Gasteiger partial charge in [0.15, 0.2) is 5.82 Å². The van der Waals surface area contributed by atoms with Gasteiger partial charge in [-0.15, -0.1) is 0 Å². The predicted octanol–water partition coefficient (Wildman–Crippen LogP) is 3.44. The number of halogens is 3. The summed E-state index contributed by atoms with van der Waals surface area (Å²) in [6, 6.07) is -0.438. The van der Waals surface area contributed by atoms with E-state index in [-0.39, 0.29) is 18.3 Å². The highest BCUT2D eigenvalue weighted by molar-refractivity contribution is 5.84. The number of urea groups is 1. The van der Waals surface area contributed by atoms with Crippen LogP contribution in [0.2, 0.25) is 0 Å². The maximum atomic E-state index is 13.1. The molecule has 1 aliphatic heterocycles. The molecule has 11 heteroatoms. The summed E-state index contributed by atoms with van der Waals surface area (Å²) in [4.78, 5) is 34.0. The number of hydrogen-bond donors (Lipinski definition) is 2. The molecular formula is C21H26F3N5O3. The van der Waals surface area contributed by atoms with Crippen LogP contribution in [0.25, 0.3) is 0 Å². The first kappa shape index (κ1) is 23.7. The Hall–Kier alpha value is -2.95. The molecule has 1 aromatic heterocycles. The minimum Gasteiger partial charge on any atom is -0.359 e. The molecule has 2 unspecified atom stereocenters. The van der Waals surface area contributed by atoms with Crippen LogP contribution >= 0.6 is 0 Å². The summed E-state index contributed by atoms with van der Waals surface area (Å²) in [6.07, 6.45) is -1.43. The Morgan fingerprint density at radius 1 is 1.28 bits per heavy atom. The summed E-state index contributed by atoms with van der Waals surface area (Å²) in [6.45, 7) is 8.70. The summed E-state index contributed by atoms with van der Waals surface area (Å²) >= 11 is 0. The van der Waals surface area contributed by atoms with Crippen molar-refractivity contribution < 1.29 is 27.5 Å². The number of morpholine rings is 1. The average molecular weight is 453 g/mol. The number of nitrogens with zero attached hydrogens (tertiary/aromatic N) is 3. The number of carbonyl (C=O) groups is 2. The summed E-state index contributed by atoms with van der Waals surface area (Å²) in [5.74, 6) is -0.532. The molecule has 0 aromatic carbocycles. The Bertz CT molecular complexity index is 968. The van der Waals surface area contributed by atoms with Crippen LogP contribution in [-0.2, 0) is 15.7 Å². The van der Waals surface area contributed by atoms with E-state index in [2.05, 4.69) is 20.6 Å². The third-order valence-electron chi connectivity index (χ3n) is 4.91. The van der Waals surface area contributed by atoms with Gasteiger partial charge >= 0.3 is 12.2 Å². The summed E-state index contributed by atoms with van der Waals surface area (Å²) < 4.78 is 45.1. The maximum absolute atomic E-state index is 13.1. The van der Waals surface area contributed by atoms with Crippen LogP contribution in [0.5, 0.6) is 0 Å². The Labute approximate surface area is 183 Å². The molecule has 0 spiro atoms. The molecule has 0 radical (unpaired) electrons. The summed E-state index contributed by atoms with van der Waals surface area (Å²) in [5.41, 5.74) is -0.429. The zero-order chi connectivity index (χ0) is 23.8. The molecule has 1 aliphatic carbocycles. The molecule has 0 bridgehead atoms. The van der Waals surface area contributed by atoms with Crippen LogP contribution in [-0.4, -0.2) is 44.6 Å². The Morgan fingerprint density at radius 2 is 1.97 bits per heavy atom. The van der Waals surface area contributed by atoms with Gasteiger partial charge in [-0.2, -0.15) is 13.2 Å². The van der Waals surface area contributed by atoms with Crippen molar-refractivity contribution in [3.05, 3.63) is 47.3 Å². The highest BCUT2D eigenvalue weighted by Crippen LogP contribution is 2.36. The number of hydrogen-bond acceptors (Lipinski definition) is 5. The molecule has 3 rings (SSSR count). The first-order chi connectivity index (χ1) is 14.8. The lowest BCUT2D eigenvalue weighted by molar-refractivity contribution is -0.156. The maximum Gasteiger partial charge on any atom is 0.433 e. The summed E-state index contributed by atoms with van der Waals surface area (Å²) in [5, 5.41) is 5.56. The number of rotatable bonds is 3. The Kier molecular flexibility index (Phi) is 6.32. The van der Waals surface area contributed by atoms with Crippen LogP contribution in [0.3, 0.4) is 0 Å². The number of amides is 3. The van der Waals surface area contributed by atoms with E-state index in [0.717, 1.165) is 12.3 Å². The predicted molar refractivity (Wildman–Crippen MR) is 109 cm³/mol. The minimum atomic E-state index is -4.62. The largest absolute Gasteiger partial charge is 0.433 e. The van der Waals surface area contributed by atoms with Gasteiger partial charge in [-0.05, 0) is 52.8 Å². The molecule has 2 heterocycles. The van der Waals surface area contributed by atoms with Crippen molar-refractivity contribution in [1.29, 1.82) is 0 Å². The van der Waals surface area contributed by atoms with Crippen molar-refractivity contribution >= 4 is 11.9 Å². The van der Waals surface area contributed by atoms with Gasteiger partial charge in [0, 0.05) is 23.9 Å². The van der Waals surface area contributed by atoms with Crippen LogP contribution < -0.4 is 10.6 Å². The SMILES string of the molecule is CC1OC2CC(NC(=O)NC(C)(C)C)=CC=C2N([C@H](C)c2nccc(C(F)(F)F)n2)C1=O. The molecule has 0 saturated carbocycles. The van der Waals surface area contributed by atoms with E-state index < -0.39 is 41.6 Å². The fourth-order valence-corrected chi connectivity index (χ4v) is 3.52. The van der Waals surface area contributed by atoms with Gasteiger partial charge in [0.25, 0.3) is 5.91 Å². The average Bonchev–Trinajstić information content (AvgIpc) is 2.66. The zero-order valence-corrected chi connectivity index (χ0v) is 18.4. The normalized spacial score (nSPS) is 22.5. The fourth-order valence-electron chi connectivity index (χ4n) is 3.52. The quantitative estimate of drug-likeness (QED) is 0.731. The molecule has 2 aliphatic rings. The van der Waals surface area contributed by atoms with E-state index in [9.17, 15) is 22.8 Å². The lowest BCUT2D eigenvalue weighted by atomic mass is 9.98. The number of aromatic nitrogens is 2. The standard InChI is InChI=1S/C21H26F3N5O3/c1-11(17-25-9-8-16(27-17)21(22,23)24)29-14-7-6-13(26-19(31)28-20(3,4)5)10-15(14)32-12(2)18(29)30/h6-9,11-12,15H,10H2,1-5H3,(H2,26,28,31)/t11-,12?,15?/m1/s1. The topological polar surface area (TPSA) is 96.5 Å². The molecular weight excluding hydrogens is 427 g/mol. The lowest BCUT2D eigenvalue weighted by Gasteiger charge is -2.42. The van der Waals surface area contributed by atoms with Gasteiger partial charge in [-0.3, -0.25) is 4.79 Å². The number of fused-ring (bicyclic) bond motifs is 1. The van der Waals surface area contributed by atoms with Gasteiger partial charge in [0.1, 0.15) is 17.9 Å². The number of carbonyl (C=O) groups excluding carboxylic acids is 2. The van der Waals surface area contributed by atoms with Gasteiger partial charge in [-0.25, -0.2) is 14.8 Å². The second-order valence-electron chi connectivity index (χ2n) is 8.77. The third-order valence-corrected chi connectivity index (χ3v) is 4.91. The Balaban J connectivity index is 1.88. The highest BCUT2D eigenvalue weighted by Gasteiger charge is 2.42. The van der Waals surface area contributed by atoms with Gasteiger partial charge in [-0.1, -0.05) is 0 Å². The van der Waals surface area contributed by atoms with Gasteiger partial charge in [0.05, 0.1) is 11.7 Å². The lowest BCUT2D eigenvalue weighted by Crippen LogP contribution is -2.52. The van der Waals surface area contributed by atoms with Crippen molar-refractivity contribution in [3.8, 4) is 0 Å². The smallest absolute Gasteiger partial charge is 0.359 e. The fraction of sp³-hybridized carbons (Fsp3) is 0.524. The van der Waals surface area contributed by atoms with Crippen molar-refractivity contribution in [2.45, 2.75) is 71.0 Å². The number of alkyl halides is 3. The number of nitrogens with one attached hydrogen (secondary N) is 2. The van der Waals surface area contributed by atoms with Crippen LogP contribution in [0, 0.1) is 0 Å². The molecule has 1 saturated heterocycles. The van der Waals surface area contributed by atoms with Gasteiger partial charge in [0.2, 0.25) is 0 Å². The Morgan fingerprint density at radius 3 is 2.59 bits per heavy atom. The van der Waals surface area contributed by atoms with E-state index in [1.54, 1.807) is 26.0 Å². The van der Waals surface area contributed by atoms with Crippen molar-refractivity contribution in [2.24, 2.45) is 0 Å². The monoisotopic (exact) mass is 453 g/mol. The second-order valence-corrected chi connectivity index (χ2v) is 8.77. The van der Waals surface area contributed by atoms with Crippen LogP contribution in [0.15, 0.2) is 35.8 Å². The molecule has 3 amide bonds. The molecule has 32 heavy (non-hydrogen) atoms. The van der Waals surface area contributed by atoms with E-state index in [0.29, 0.717) is 11.4 Å². The molecule has 174 valence electrons. The van der Waals surface area contributed by atoms with Crippen molar-refractivity contribution in [1.82, 2.24) is 25.5 Å². The highest BCUT2D eigenvalue weighted by atomic mass is 19.4. The number of ether oxygens (including phenoxy) is 1. The van der Waals surface area contributed by atoms with Crippen molar-refractivity contribution in [3.63, 3.8) is 0 Å².